The first kappa shape index (κ1) is 10.9. The van der Waals surface area contributed by atoms with Crippen molar-refractivity contribution in [3.8, 4) is 0 Å². The van der Waals surface area contributed by atoms with Gasteiger partial charge in [0, 0.05) is 6.42 Å². The third kappa shape index (κ3) is 2.02. The smallest absolute Gasteiger partial charge is 0.250 e. The number of aliphatic hydroxyl groups is 1. The largest absolute Gasteiger partial charge is 0.396 e. The summed E-state index contributed by atoms with van der Waals surface area (Å²) in [5.74, 6) is -1.54. The second kappa shape index (κ2) is 4.39. The van der Waals surface area contributed by atoms with Crippen LogP contribution in [0.4, 0.5) is 4.39 Å². The number of carbonyl (C=O) groups is 1. The first-order valence-electron chi connectivity index (χ1n) is 3.79. The number of primary amides is 1. The van der Waals surface area contributed by atoms with Gasteiger partial charge in [-0.15, -0.1) is 0 Å². The van der Waals surface area contributed by atoms with Crippen LogP contribution in [0.3, 0.4) is 0 Å². The fourth-order valence-electron chi connectivity index (χ4n) is 1.08. The molecule has 1 amide bonds. The van der Waals surface area contributed by atoms with Crippen LogP contribution in [-0.2, 0) is 0 Å². The zero-order valence-corrected chi connectivity index (χ0v) is 7.88. The van der Waals surface area contributed by atoms with E-state index in [2.05, 4.69) is 0 Å². The molecule has 0 bridgehead atoms. The van der Waals surface area contributed by atoms with Crippen LogP contribution in [-0.4, -0.2) is 17.6 Å². The Labute approximate surface area is 85.3 Å². The molecule has 0 saturated heterocycles. The van der Waals surface area contributed by atoms with Crippen molar-refractivity contribution < 1.29 is 14.3 Å². The number of hydrogen-bond donors (Lipinski definition) is 2. The van der Waals surface area contributed by atoms with Crippen molar-refractivity contribution in [1.29, 1.82) is 0 Å². The van der Waals surface area contributed by atoms with E-state index in [9.17, 15) is 9.18 Å². The topological polar surface area (TPSA) is 63.3 Å². The van der Waals surface area contributed by atoms with Crippen LogP contribution >= 0.6 is 11.6 Å². The molecule has 1 aromatic carbocycles. The Morgan fingerprint density at radius 2 is 2.29 bits per heavy atom. The fraction of sp³-hybridized carbons (Fsp3) is 0.111. The number of aliphatic hydroxyl groups excluding tert-OH is 1. The van der Waals surface area contributed by atoms with Crippen LogP contribution in [0.25, 0.3) is 0 Å². The normalized spacial score (nSPS) is 10.2. The minimum atomic E-state index is -0.825. The van der Waals surface area contributed by atoms with Crippen molar-refractivity contribution >= 4 is 17.5 Å². The molecule has 5 heteroatoms. The molecule has 0 aliphatic carbocycles. The lowest BCUT2D eigenvalue weighted by Crippen LogP contribution is -2.15. The highest BCUT2D eigenvalue weighted by molar-refractivity contribution is 6.34. The van der Waals surface area contributed by atoms with Gasteiger partial charge in [0.1, 0.15) is 5.82 Å². The van der Waals surface area contributed by atoms with Gasteiger partial charge in [-0.1, -0.05) is 17.7 Å². The zero-order valence-electron chi connectivity index (χ0n) is 7.13. The van der Waals surface area contributed by atoms with Gasteiger partial charge in [-0.2, -0.15) is 0 Å². The van der Waals surface area contributed by atoms with Gasteiger partial charge >= 0.3 is 0 Å². The average molecular weight is 217 g/mol. The summed E-state index contributed by atoms with van der Waals surface area (Å²) < 4.78 is 12.9. The average Bonchev–Trinajstić information content (AvgIpc) is 2.11. The minimum Gasteiger partial charge on any atom is -0.396 e. The van der Waals surface area contributed by atoms with Crippen LogP contribution < -0.4 is 5.73 Å². The van der Waals surface area contributed by atoms with E-state index in [0.717, 1.165) is 6.07 Å². The summed E-state index contributed by atoms with van der Waals surface area (Å²) in [6, 6.07) is 2.44. The quantitative estimate of drug-likeness (QED) is 0.796. The summed E-state index contributed by atoms with van der Waals surface area (Å²) in [5.41, 5.74) is 5.24. The summed E-state index contributed by atoms with van der Waals surface area (Å²) in [7, 11) is 0. The predicted molar refractivity (Wildman–Crippen MR) is 50.4 cm³/mol. The molecule has 14 heavy (non-hydrogen) atoms. The fourth-order valence-corrected chi connectivity index (χ4v) is 1.35. The van der Waals surface area contributed by atoms with Crippen molar-refractivity contribution in [1.82, 2.24) is 0 Å². The summed E-state index contributed by atoms with van der Waals surface area (Å²) in [6.07, 6.45) is 1.32. The lowest BCUT2D eigenvalue weighted by Gasteiger charge is -2.07. The first-order chi connectivity index (χ1) is 6.57. The highest BCUT2D eigenvalue weighted by atomic mass is 35.5. The number of amides is 1. The molecule has 0 heterocycles. The van der Waals surface area contributed by atoms with Crippen LogP contribution in [0.1, 0.15) is 15.9 Å². The second-order valence-electron chi connectivity index (χ2n) is 2.58. The van der Waals surface area contributed by atoms with Crippen molar-refractivity contribution in [2.45, 2.75) is 0 Å². The Bertz CT molecular complexity index is 368. The van der Waals surface area contributed by atoms with E-state index in [-0.39, 0.29) is 17.2 Å². The summed E-state index contributed by atoms with van der Waals surface area (Å²) >= 11 is 5.55. The third-order valence-electron chi connectivity index (χ3n) is 1.68. The lowest BCUT2D eigenvalue weighted by atomic mass is 10.0. The molecule has 0 aromatic heterocycles. The van der Waals surface area contributed by atoms with Gasteiger partial charge in [-0.3, -0.25) is 4.79 Å². The molecule has 0 saturated carbocycles. The van der Waals surface area contributed by atoms with Gasteiger partial charge in [-0.05, 0) is 11.6 Å². The zero-order chi connectivity index (χ0) is 10.7. The maximum Gasteiger partial charge on any atom is 0.250 e. The van der Waals surface area contributed by atoms with Crippen LogP contribution in [0, 0.1) is 12.2 Å². The Hall–Kier alpha value is -1.13. The maximum absolute atomic E-state index is 12.9. The molecular weight excluding hydrogens is 209 g/mol. The summed E-state index contributed by atoms with van der Waals surface area (Å²) in [5, 5.41) is 8.32. The van der Waals surface area contributed by atoms with Crippen LogP contribution in [0.2, 0.25) is 5.02 Å². The molecule has 1 rings (SSSR count). The number of hydrogen-bond acceptors (Lipinski definition) is 2. The van der Waals surface area contributed by atoms with Crippen LogP contribution in [0.15, 0.2) is 12.1 Å². The highest BCUT2D eigenvalue weighted by Gasteiger charge is 2.15. The van der Waals surface area contributed by atoms with Gasteiger partial charge < -0.3 is 10.8 Å². The third-order valence-corrected chi connectivity index (χ3v) is 2.05. The molecule has 3 nitrogen and oxygen atoms in total. The van der Waals surface area contributed by atoms with Gasteiger partial charge in [0.2, 0.25) is 0 Å². The summed E-state index contributed by atoms with van der Waals surface area (Å²) in [6.45, 7) is -0.276. The van der Waals surface area contributed by atoms with E-state index in [1.165, 1.54) is 12.5 Å². The molecule has 1 radical (unpaired) electrons. The molecule has 75 valence electrons. The molecular formula is C9H8ClFNO2. The lowest BCUT2D eigenvalue weighted by molar-refractivity contribution is 0.0999. The molecule has 0 unspecified atom stereocenters. The highest BCUT2D eigenvalue weighted by Crippen LogP contribution is 2.24. The molecule has 0 fully saturated rings. The predicted octanol–water partition coefficient (Wildman–Crippen LogP) is 1.12. The van der Waals surface area contributed by atoms with Crippen molar-refractivity contribution in [3.63, 3.8) is 0 Å². The Balaban J connectivity index is 3.30. The van der Waals surface area contributed by atoms with E-state index in [1.807, 2.05) is 0 Å². The minimum absolute atomic E-state index is 0.110. The number of halogens is 2. The SMILES string of the molecule is NC(=O)c1c([CH]CO)ccc(F)c1Cl. The van der Waals surface area contributed by atoms with E-state index < -0.39 is 11.7 Å². The monoisotopic (exact) mass is 216 g/mol. The van der Waals surface area contributed by atoms with Gasteiger partial charge in [0.25, 0.3) is 5.91 Å². The number of rotatable bonds is 3. The van der Waals surface area contributed by atoms with Gasteiger partial charge in [0.15, 0.2) is 0 Å². The van der Waals surface area contributed by atoms with E-state index in [1.54, 1.807) is 0 Å². The van der Waals surface area contributed by atoms with E-state index >= 15 is 0 Å². The van der Waals surface area contributed by atoms with Gasteiger partial charge in [0.05, 0.1) is 17.2 Å². The molecule has 3 N–H and O–H groups in total. The first-order valence-corrected chi connectivity index (χ1v) is 4.17. The van der Waals surface area contributed by atoms with E-state index in [0.29, 0.717) is 5.56 Å². The van der Waals surface area contributed by atoms with Gasteiger partial charge in [-0.25, -0.2) is 4.39 Å². The number of carbonyl (C=O) groups excluding carboxylic acids is 1. The molecule has 0 atom stereocenters. The van der Waals surface area contributed by atoms with Crippen molar-refractivity contribution in [2.24, 2.45) is 5.73 Å². The Morgan fingerprint density at radius 3 is 2.79 bits per heavy atom. The molecule has 0 spiro atoms. The maximum atomic E-state index is 12.9. The molecule has 0 aliphatic heterocycles. The van der Waals surface area contributed by atoms with Crippen molar-refractivity contribution in [2.75, 3.05) is 6.61 Å². The Kier molecular flexibility index (Phi) is 3.43. The second-order valence-corrected chi connectivity index (χ2v) is 2.95. The van der Waals surface area contributed by atoms with Crippen molar-refractivity contribution in [3.05, 3.63) is 40.5 Å². The van der Waals surface area contributed by atoms with Crippen LogP contribution in [0.5, 0.6) is 0 Å². The molecule has 1 aromatic rings. The number of benzene rings is 1. The standard InChI is InChI=1S/C9H8ClFNO2/c10-8-6(11)2-1-5(3-4-13)7(8)9(12)14/h1-3,13H,4H2,(H2,12,14). The summed E-state index contributed by atoms with van der Waals surface area (Å²) in [4.78, 5) is 10.9. The Morgan fingerprint density at radius 1 is 1.64 bits per heavy atom. The van der Waals surface area contributed by atoms with E-state index in [4.69, 9.17) is 22.4 Å². The molecule has 0 aliphatic rings. The number of nitrogens with two attached hydrogens (primary N) is 1.